The molecule has 1 rings (SSSR count). The first-order valence-electron chi connectivity index (χ1n) is 3.89. The Morgan fingerprint density at radius 3 is 2.85 bits per heavy atom. The molecule has 0 spiro atoms. The summed E-state index contributed by atoms with van der Waals surface area (Å²) in [4.78, 5) is 0. The van der Waals surface area contributed by atoms with Crippen LogP contribution in [0.15, 0.2) is 4.60 Å². The van der Waals surface area contributed by atoms with Crippen LogP contribution in [-0.4, -0.2) is 32.1 Å². The van der Waals surface area contributed by atoms with Crippen molar-refractivity contribution in [2.75, 3.05) is 12.0 Å². The topological polar surface area (TPSA) is 50.9 Å². The highest BCUT2D eigenvalue weighted by atomic mass is 79.9. The molecule has 0 saturated carbocycles. The minimum Gasteiger partial charge on any atom is -0.387 e. The van der Waals surface area contributed by atoms with Gasteiger partial charge < -0.3 is 5.11 Å². The van der Waals surface area contributed by atoms with E-state index in [-0.39, 0.29) is 0 Å². The van der Waals surface area contributed by atoms with E-state index in [1.54, 1.807) is 23.5 Å². The van der Waals surface area contributed by atoms with Crippen LogP contribution >= 0.6 is 27.7 Å². The van der Waals surface area contributed by atoms with Crippen LogP contribution in [0.3, 0.4) is 0 Å². The molecule has 6 heteroatoms. The molecule has 0 aliphatic rings. The van der Waals surface area contributed by atoms with Crippen LogP contribution in [0.5, 0.6) is 0 Å². The van der Waals surface area contributed by atoms with Crippen molar-refractivity contribution in [1.29, 1.82) is 0 Å². The summed E-state index contributed by atoms with van der Waals surface area (Å²) in [5.41, 5.74) is 0.744. The zero-order chi connectivity index (χ0) is 9.84. The number of thioether (sulfide) groups is 1. The summed E-state index contributed by atoms with van der Waals surface area (Å²) in [6, 6.07) is 0. The van der Waals surface area contributed by atoms with Gasteiger partial charge in [-0.2, -0.15) is 11.8 Å². The van der Waals surface area contributed by atoms with Crippen molar-refractivity contribution in [1.82, 2.24) is 15.0 Å². The van der Waals surface area contributed by atoms with Crippen molar-refractivity contribution < 1.29 is 5.11 Å². The first-order valence-corrected chi connectivity index (χ1v) is 6.07. The molecule has 4 nitrogen and oxygen atoms in total. The Bertz CT molecular complexity index is 259. The van der Waals surface area contributed by atoms with Crippen LogP contribution < -0.4 is 0 Å². The maximum Gasteiger partial charge on any atom is 0.154 e. The largest absolute Gasteiger partial charge is 0.387 e. The first kappa shape index (κ1) is 11.0. The van der Waals surface area contributed by atoms with Gasteiger partial charge in [0.05, 0.1) is 6.10 Å². The minimum atomic E-state index is -0.484. The lowest BCUT2D eigenvalue weighted by molar-refractivity contribution is 0.164. The average molecular weight is 266 g/mol. The van der Waals surface area contributed by atoms with Crippen molar-refractivity contribution in [2.45, 2.75) is 12.5 Å². The number of aromatic nitrogens is 3. The molecule has 1 unspecified atom stereocenters. The van der Waals surface area contributed by atoms with Crippen LogP contribution in [-0.2, 0) is 7.05 Å². The fraction of sp³-hybridized carbons (Fsp3) is 0.714. The van der Waals surface area contributed by atoms with E-state index >= 15 is 0 Å². The third kappa shape index (κ3) is 2.69. The molecule has 1 heterocycles. The van der Waals surface area contributed by atoms with Gasteiger partial charge in [0.15, 0.2) is 4.60 Å². The van der Waals surface area contributed by atoms with Crippen molar-refractivity contribution in [3.8, 4) is 0 Å². The van der Waals surface area contributed by atoms with Gasteiger partial charge in [-0.1, -0.05) is 5.21 Å². The molecule has 0 saturated heterocycles. The molecule has 0 aliphatic carbocycles. The SMILES string of the molecule is CSCCC(O)c1c(Br)nnn1C. The number of hydrogen-bond donors (Lipinski definition) is 1. The molecule has 0 aliphatic heterocycles. The van der Waals surface area contributed by atoms with Gasteiger partial charge in [-0.15, -0.1) is 5.10 Å². The summed E-state index contributed by atoms with van der Waals surface area (Å²) < 4.78 is 2.22. The van der Waals surface area contributed by atoms with Crippen molar-refractivity contribution in [3.63, 3.8) is 0 Å². The number of halogens is 1. The van der Waals surface area contributed by atoms with E-state index in [1.165, 1.54) is 0 Å². The van der Waals surface area contributed by atoms with E-state index in [0.29, 0.717) is 4.60 Å². The van der Waals surface area contributed by atoms with Gasteiger partial charge in [-0.25, -0.2) is 4.68 Å². The normalized spacial score (nSPS) is 13.2. The highest BCUT2D eigenvalue weighted by Gasteiger charge is 2.16. The fourth-order valence-corrected chi connectivity index (χ4v) is 2.11. The summed E-state index contributed by atoms with van der Waals surface area (Å²) in [6.45, 7) is 0. The van der Waals surface area contributed by atoms with E-state index in [2.05, 4.69) is 26.2 Å². The van der Waals surface area contributed by atoms with E-state index in [4.69, 9.17) is 0 Å². The molecular weight excluding hydrogens is 254 g/mol. The Balaban J connectivity index is 2.69. The standard InChI is InChI=1S/C7H12BrN3OS/c1-11-6(7(8)9-10-11)5(12)3-4-13-2/h5,12H,3-4H2,1-2H3. The molecule has 13 heavy (non-hydrogen) atoms. The molecule has 0 aromatic carbocycles. The van der Waals surface area contributed by atoms with Gasteiger partial charge in [0.25, 0.3) is 0 Å². The lowest BCUT2D eigenvalue weighted by atomic mass is 10.2. The summed E-state index contributed by atoms with van der Waals surface area (Å²) in [5.74, 6) is 0.929. The number of rotatable bonds is 4. The Hall–Kier alpha value is -0.0700. The maximum absolute atomic E-state index is 9.76. The van der Waals surface area contributed by atoms with Crippen LogP contribution in [0.4, 0.5) is 0 Å². The summed E-state index contributed by atoms with van der Waals surface area (Å²) in [6.07, 6.45) is 2.26. The number of hydrogen-bond acceptors (Lipinski definition) is 4. The number of aryl methyl sites for hydroxylation is 1. The molecule has 0 radical (unpaired) electrons. The second-order valence-electron chi connectivity index (χ2n) is 2.69. The smallest absolute Gasteiger partial charge is 0.154 e. The van der Waals surface area contributed by atoms with E-state index in [0.717, 1.165) is 17.9 Å². The second kappa shape index (κ2) is 4.97. The predicted octanol–water partition coefficient (Wildman–Crippen LogP) is 1.36. The van der Waals surface area contributed by atoms with Gasteiger partial charge in [-0.3, -0.25) is 0 Å². The Morgan fingerprint density at radius 2 is 2.38 bits per heavy atom. The quantitative estimate of drug-likeness (QED) is 0.894. The van der Waals surface area contributed by atoms with Crippen LogP contribution in [0.1, 0.15) is 18.2 Å². The van der Waals surface area contributed by atoms with Gasteiger partial charge in [-0.05, 0) is 34.4 Å². The molecule has 0 amide bonds. The Labute approximate surface area is 89.8 Å². The van der Waals surface area contributed by atoms with Gasteiger partial charge in [0.1, 0.15) is 5.69 Å². The number of aliphatic hydroxyl groups excluding tert-OH is 1. The summed E-state index contributed by atoms with van der Waals surface area (Å²) in [7, 11) is 1.77. The highest BCUT2D eigenvalue weighted by molar-refractivity contribution is 9.10. The summed E-state index contributed by atoms with van der Waals surface area (Å²) in [5, 5.41) is 17.4. The molecule has 1 aromatic heterocycles. The third-order valence-electron chi connectivity index (χ3n) is 1.74. The molecule has 1 N–H and O–H groups in total. The zero-order valence-electron chi connectivity index (χ0n) is 7.57. The Kier molecular flexibility index (Phi) is 4.21. The lowest BCUT2D eigenvalue weighted by Gasteiger charge is -2.09. The average Bonchev–Trinajstić information content (AvgIpc) is 2.42. The first-order chi connectivity index (χ1) is 6.16. The lowest BCUT2D eigenvalue weighted by Crippen LogP contribution is -2.06. The fourth-order valence-electron chi connectivity index (χ4n) is 1.06. The van der Waals surface area contributed by atoms with Crippen LogP contribution in [0, 0.1) is 0 Å². The van der Waals surface area contributed by atoms with Crippen LogP contribution in [0.2, 0.25) is 0 Å². The summed E-state index contributed by atoms with van der Waals surface area (Å²) >= 11 is 4.96. The third-order valence-corrected chi connectivity index (χ3v) is 2.95. The van der Waals surface area contributed by atoms with E-state index in [9.17, 15) is 5.11 Å². The predicted molar refractivity (Wildman–Crippen MR) is 56.7 cm³/mol. The molecule has 0 fully saturated rings. The number of aliphatic hydroxyl groups is 1. The van der Waals surface area contributed by atoms with Crippen molar-refractivity contribution in [2.24, 2.45) is 7.05 Å². The second-order valence-corrected chi connectivity index (χ2v) is 4.42. The van der Waals surface area contributed by atoms with Gasteiger partial charge in [0.2, 0.25) is 0 Å². The van der Waals surface area contributed by atoms with E-state index < -0.39 is 6.10 Å². The van der Waals surface area contributed by atoms with Crippen LogP contribution in [0.25, 0.3) is 0 Å². The Morgan fingerprint density at radius 1 is 1.69 bits per heavy atom. The van der Waals surface area contributed by atoms with E-state index in [1.807, 2.05) is 6.26 Å². The number of nitrogens with zero attached hydrogens (tertiary/aromatic N) is 3. The van der Waals surface area contributed by atoms with Crippen molar-refractivity contribution >= 4 is 27.7 Å². The van der Waals surface area contributed by atoms with Gasteiger partial charge >= 0.3 is 0 Å². The molecule has 0 bridgehead atoms. The molecule has 1 aromatic rings. The maximum atomic E-state index is 9.76. The molecule has 1 atom stereocenters. The van der Waals surface area contributed by atoms with Gasteiger partial charge in [0, 0.05) is 7.05 Å². The molecule has 74 valence electrons. The minimum absolute atomic E-state index is 0.484. The monoisotopic (exact) mass is 265 g/mol. The zero-order valence-corrected chi connectivity index (χ0v) is 9.97. The highest BCUT2D eigenvalue weighted by Crippen LogP contribution is 2.23. The molecular formula is C7H12BrN3OS. The van der Waals surface area contributed by atoms with Crippen molar-refractivity contribution in [3.05, 3.63) is 10.3 Å².